The first-order valence-corrected chi connectivity index (χ1v) is 5.17. The van der Waals surface area contributed by atoms with Crippen LogP contribution in [0.5, 0.6) is 0 Å². The Hall–Kier alpha value is -1.43. The van der Waals surface area contributed by atoms with Gasteiger partial charge in [-0.25, -0.2) is 14.8 Å². The Morgan fingerprint density at radius 1 is 1.60 bits per heavy atom. The average molecular weight is 270 g/mol. The molecule has 2 rings (SSSR count). The van der Waals surface area contributed by atoms with Gasteiger partial charge in [0.15, 0.2) is 5.69 Å². The van der Waals surface area contributed by atoms with Crippen LogP contribution in [0.1, 0.15) is 17.4 Å². The number of carbonyl (C=O) groups is 1. The smallest absolute Gasteiger partial charge is 0.358 e. The van der Waals surface area contributed by atoms with Gasteiger partial charge in [-0.15, -0.1) is 0 Å². The third kappa shape index (κ3) is 1.99. The molecule has 0 aliphatic heterocycles. The zero-order valence-electron chi connectivity index (χ0n) is 7.98. The normalized spacial score (nSPS) is 10.5. The Morgan fingerprint density at radius 3 is 3.13 bits per heavy atom. The molecule has 0 N–H and O–H groups in total. The van der Waals surface area contributed by atoms with Crippen molar-refractivity contribution in [1.82, 2.24) is 14.4 Å². The summed E-state index contributed by atoms with van der Waals surface area (Å²) in [6.45, 7) is 2.09. The molecular weight excluding hydrogens is 262 g/mol. The maximum atomic E-state index is 11.4. The maximum Gasteiger partial charge on any atom is 0.358 e. The average Bonchev–Trinajstić information content (AvgIpc) is 2.60. The minimum atomic E-state index is -0.431. The topological polar surface area (TPSA) is 56.5 Å². The molecule has 0 unspecified atom stereocenters. The van der Waals surface area contributed by atoms with Crippen molar-refractivity contribution in [2.24, 2.45) is 0 Å². The van der Waals surface area contributed by atoms with E-state index in [1.165, 1.54) is 0 Å². The molecule has 6 heteroatoms. The van der Waals surface area contributed by atoms with E-state index in [1.807, 2.05) is 0 Å². The number of aromatic nitrogens is 3. The predicted molar refractivity (Wildman–Crippen MR) is 56.6 cm³/mol. The quantitative estimate of drug-likeness (QED) is 0.779. The second-order valence-electron chi connectivity index (χ2n) is 2.83. The molecule has 0 atom stereocenters. The number of hydrogen-bond acceptors (Lipinski definition) is 4. The third-order valence-electron chi connectivity index (χ3n) is 1.76. The van der Waals surface area contributed by atoms with E-state index < -0.39 is 5.97 Å². The molecule has 0 spiro atoms. The largest absolute Gasteiger partial charge is 0.461 e. The van der Waals surface area contributed by atoms with E-state index in [1.54, 1.807) is 29.9 Å². The molecule has 15 heavy (non-hydrogen) atoms. The van der Waals surface area contributed by atoms with E-state index in [4.69, 9.17) is 4.74 Å². The molecule has 78 valence electrons. The minimum absolute atomic E-state index is 0.266. The van der Waals surface area contributed by atoms with Gasteiger partial charge in [-0.2, -0.15) is 0 Å². The number of fused-ring (bicyclic) bond motifs is 1. The summed E-state index contributed by atoms with van der Waals surface area (Å²) in [7, 11) is 0. The summed E-state index contributed by atoms with van der Waals surface area (Å²) in [6, 6.07) is 0. The standard InChI is InChI=1S/C9H8BrN3O2/c1-2-15-8(14)7-5-13-4-6(10)3-11-9(13)12-7/h3-5H,2H2,1H3. The molecule has 5 nitrogen and oxygen atoms in total. The van der Waals surface area contributed by atoms with Gasteiger partial charge in [0.25, 0.3) is 0 Å². The summed E-state index contributed by atoms with van der Waals surface area (Å²) in [4.78, 5) is 19.4. The van der Waals surface area contributed by atoms with Gasteiger partial charge < -0.3 is 4.74 Å². The lowest BCUT2D eigenvalue weighted by Gasteiger charge is -1.94. The summed E-state index contributed by atoms with van der Waals surface area (Å²) in [5.74, 6) is 0.0420. The van der Waals surface area contributed by atoms with E-state index in [-0.39, 0.29) is 5.69 Å². The number of halogens is 1. The predicted octanol–water partition coefficient (Wildman–Crippen LogP) is 1.67. The van der Waals surface area contributed by atoms with Crippen LogP contribution in [-0.2, 0) is 4.74 Å². The fourth-order valence-corrected chi connectivity index (χ4v) is 1.49. The number of hydrogen-bond donors (Lipinski definition) is 0. The van der Waals surface area contributed by atoms with Crippen molar-refractivity contribution in [2.75, 3.05) is 6.61 Å². The van der Waals surface area contributed by atoms with Crippen LogP contribution in [0.15, 0.2) is 23.1 Å². The van der Waals surface area contributed by atoms with E-state index >= 15 is 0 Å². The van der Waals surface area contributed by atoms with Crippen LogP contribution in [0.2, 0.25) is 0 Å². The van der Waals surface area contributed by atoms with Crippen LogP contribution in [0.25, 0.3) is 5.78 Å². The Morgan fingerprint density at radius 2 is 2.40 bits per heavy atom. The van der Waals surface area contributed by atoms with Crippen molar-refractivity contribution in [3.05, 3.63) is 28.8 Å². The van der Waals surface area contributed by atoms with Gasteiger partial charge in [0, 0.05) is 18.6 Å². The summed E-state index contributed by atoms with van der Waals surface area (Å²) >= 11 is 3.28. The fourth-order valence-electron chi connectivity index (χ4n) is 1.16. The highest BCUT2D eigenvalue weighted by atomic mass is 79.9. The summed E-state index contributed by atoms with van der Waals surface area (Å²) in [6.07, 6.45) is 4.99. The molecule has 0 bridgehead atoms. The summed E-state index contributed by atoms with van der Waals surface area (Å²) < 4.78 is 7.32. The molecule has 0 aliphatic carbocycles. The van der Waals surface area contributed by atoms with Crippen LogP contribution in [0.3, 0.4) is 0 Å². The number of rotatable bonds is 2. The Bertz CT molecular complexity index is 509. The van der Waals surface area contributed by atoms with Crippen molar-refractivity contribution in [3.8, 4) is 0 Å². The molecule has 0 aromatic carbocycles. The molecule has 0 amide bonds. The molecule has 0 saturated carbocycles. The highest BCUT2D eigenvalue weighted by Crippen LogP contribution is 2.10. The number of ether oxygens (including phenoxy) is 1. The highest BCUT2D eigenvalue weighted by Gasteiger charge is 2.11. The Balaban J connectivity index is 2.42. The molecule has 0 radical (unpaired) electrons. The number of carbonyl (C=O) groups excluding carboxylic acids is 1. The lowest BCUT2D eigenvalue weighted by atomic mass is 10.5. The molecule has 0 saturated heterocycles. The number of esters is 1. The maximum absolute atomic E-state index is 11.4. The van der Waals surface area contributed by atoms with Gasteiger partial charge >= 0.3 is 5.97 Å². The van der Waals surface area contributed by atoms with E-state index in [2.05, 4.69) is 25.9 Å². The second kappa shape index (κ2) is 3.98. The van der Waals surface area contributed by atoms with Crippen molar-refractivity contribution in [3.63, 3.8) is 0 Å². The molecular formula is C9H8BrN3O2. The van der Waals surface area contributed by atoms with Crippen molar-refractivity contribution < 1.29 is 9.53 Å². The Labute approximate surface area is 94.2 Å². The van der Waals surface area contributed by atoms with Gasteiger partial charge in [0.1, 0.15) is 0 Å². The van der Waals surface area contributed by atoms with Gasteiger partial charge in [0.05, 0.1) is 11.1 Å². The monoisotopic (exact) mass is 269 g/mol. The van der Waals surface area contributed by atoms with Crippen LogP contribution in [-0.4, -0.2) is 26.9 Å². The second-order valence-corrected chi connectivity index (χ2v) is 3.74. The number of nitrogens with zero attached hydrogens (tertiary/aromatic N) is 3. The van der Waals surface area contributed by atoms with Crippen molar-refractivity contribution in [1.29, 1.82) is 0 Å². The summed E-state index contributed by atoms with van der Waals surface area (Å²) in [5, 5.41) is 0. The van der Waals surface area contributed by atoms with Crippen LogP contribution in [0, 0.1) is 0 Å². The van der Waals surface area contributed by atoms with Crippen molar-refractivity contribution >= 4 is 27.7 Å². The summed E-state index contributed by atoms with van der Waals surface area (Å²) in [5.41, 5.74) is 0.266. The lowest BCUT2D eigenvalue weighted by Crippen LogP contribution is -2.04. The SMILES string of the molecule is CCOC(=O)c1cn2cc(Br)cnc2n1. The Kier molecular flexibility index (Phi) is 2.68. The fraction of sp³-hybridized carbons (Fsp3) is 0.222. The van der Waals surface area contributed by atoms with Crippen LogP contribution < -0.4 is 0 Å². The third-order valence-corrected chi connectivity index (χ3v) is 2.17. The van der Waals surface area contributed by atoms with Crippen LogP contribution >= 0.6 is 15.9 Å². The molecule has 0 fully saturated rings. The first kappa shape index (κ1) is 10.1. The minimum Gasteiger partial charge on any atom is -0.461 e. The van der Waals surface area contributed by atoms with Gasteiger partial charge in [0.2, 0.25) is 5.78 Å². The molecule has 2 heterocycles. The van der Waals surface area contributed by atoms with Gasteiger partial charge in [-0.3, -0.25) is 4.40 Å². The lowest BCUT2D eigenvalue weighted by molar-refractivity contribution is 0.0520. The zero-order chi connectivity index (χ0) is 10.8. The first-order chi connectivity index (χ1) is 7.20. The first-order valence-electron chi connectivity index (χ1n) is 4.38. The van der Waals surface area contributed by atoms with Crippen LogP contribution in [0.4, 0.5) is 0 Å². The van der Waals surface area contributed by atoms with Crippen molar-refractivity contribution in [2.45, 2.75) is 6.92 Å². The van der Waals surface area contributed by atoms with E-state index in [0.717, 1.165) is 4.47 Å². The molecule has 0 aliphatic rings. The van der Waals surface area contributed by atoms with E-state index in [0.29, 0.717) is 12.4 Å². The van der Waals surface area contributed by atoms with Gasteiger partial charge in [-0.05, 0) is 22.9 Å². The van der Waals surface area contributed by atoms with Gasteiger partial charge in [-0.1, -0.05) is 0 Å². The molecule has 2 aromatic heterocycles. The number of imidazole rings is 1. The zero-order valence-corrected chi connectivity index (χ0v) is 9.56. The van der Waals surface area contributed by atoms with E-state index in [9.17, 15) is 4.79 Å². The molecule has 2 aromatic rings. The highest BCUT2D eigenvalue weighted by molar-refractivity contribution is 9.10.